The largest absolute Gasteiger partial charge is 0.465 e. The molecule has 0 atom stereocenters. The molecule has 1 aliphatic carbocycles. The van der Waals surface area contributed by atoms with Crippen molar-refractivity contribution in [3.63, 3.8) is 0 Å². The molecule has 26 heavy (non-hydrogen) atoms. The van der Waals surface area contributed by atoms with Crippen LogP contribution in [0.25, 0.3) is 0 Å². The number of ether oxygens (including phenoxy) is 1. The first-order valence-corrected chi connectivity index (χ1v) is 9.88. The maximum atomic E-state index is 13.8. The van der Waals surface area contributed by atoms with E-state index in [1.54, 1.807) is 18.2 Å². The molecule has 0 aliphatic heterocycles. The summed E-state index contributed by atoms with van der Waals surface area (Å²) in [5.74, 6) is -0.748. The van der Waals surface area contributed by atoms with Gasteiger partial charge in [-0.15, -0.1) is 11.3 Å². The molecule has 3 rings (SSSR count). The lowest BCUT2D eigenvalue weighted by atomic mass is 9.96. The summed E-state index contributed by atoms with van der Waals surface area (Å²) in [5, 5.41) is 6.83. The highest BCUT2D eigenvalue weighted by molar-refractivity contribution is 7.80. The zero-order chi connectivity index (χ0) is 18.5. The van der Waals surface area contributed by atoms with Crippen molar-refractivity contribution >= 4 is 45.3 Å². The summed E-state index contributed by atoms with van der Waals surface area (Å²) < 4.78 is 18.8. The van der Waals surface area contributed by atoms with E-state index in [0.717, 1.165) is 31.2 Å². The number of thiophene rings is 1. The van der Waals surface area contributed by atoms with Gasteiger partial charge in [-0.25, -0.2) is 9.18 Å². The number of hydrogen-bond acceptors (Lipinski definition) is 4. The van der Waals surface area contributed by atoms with E-state index in [2.05, 4.69) is 10.6 Å². The number of para-hydroxylation sites is 1. The fraction of sp³-hybridized carbons (Fsp3) is 0.368. The maximum absolute atomic E-state index is 13.8. The van der Waals surface area contributed by atoms with Crippen molar-refractivity contribution in [1.29, 1.82) is 0 Å². The van der Waals surface area contributed by atoms with Gasteiger partial charge in [0.05, 0.1) is 18.4 Å². The molecule has 0 unspecified atom stereocenters. The average Bonchev–Trinajstić information content (AvgIpc) is 2.92. The molecule has 2 aromatic rings. The van der Waals surface area contributed by atoms with Crippen LogP contribution in [0, 0.1) is 5.82 Å². The molecule has 0 spiro atoms. The van der Waals surface area contributed by atoms with Gasteiger partial charge in [0, 0.05) is 4.88 Å². The first-order valence-electron chi connectivity index (χ1n) is 8.65. The maximum Gasteiger partial charge on any atom is 0.341 e. The standard InChI is InChI=1S/C19H21FN2O2S2/c1-24-18(23)16-12-8-4-2-3-5-11-15(12)26-17(16)22-19(25)21-14-10-7-6-9-13(14)20/h6-7,9-10H,2-5,8,11H2,1H3,(H2,21,22,25). The molecule has 0 fully saturated rings. The number of esters is 1. The van der Waals surface area contributed by atoms with Gasteiger partial charge in [0.2, 0.25) is 0 Å². The summed E-state index contributed by atoms with van der Waals surface area (Å²) in [6.07, 6.45) is 6.38. The minimum absolute atomic E-state index is 0.245. The van der Waals surface area contributed by atoms with Crippen LogP contribution in [0.5, 0.6) is 0 Å². The second-order valence-electron chi connectivity index (χ2n) is 6.17. The van der Waals surface area contributed by atoms with E-state index in [0.29, 0.717) is 16.3 Å². The van der Waals surface area contributed by atoms with Crippen molar-refractivity contribution in [2.45, 2.75) is 38.5 Å². The van der Waals surface area contributed by atoms with E-state index in [9.17, 15) is 9.18 Å². The number of carbonyl (C=O) groups is 1. The zero-order valence-corrected chi connectivity index (χ0v) is 16.2. The molecule has 2 N–H and O–H groups in total. The number of thiocarbonyl (C=S) groups is 1. The Balaban J connectivity index is 1.86. The molecular weight excluding hydrogens is 371 g/mol. The normalized spacial score (nSPS) is 13.9. The highest BCUT2D eigenvalue weighted by Gasteiger charge is 2.25. The molecule has 0 saturated heterocycles. The van der Waals surface area contributed by atoms with Gasteiger partial charge in [0.25, 0.3) is 0 Å². The number of halogens is 1. The number of anilines is 2. The summed E-state index contributed by atoms with van der Waals surface area (Å²) in [4.78, 5) is 13.6. The third-order valence-electron chi connectivity index (χ3n) is 4.41. The molecule has 1 aliphatic rings. The predicted molar refractivity (Wildman–Crippen MR) is 108 cm³/mol. The van der Waals surface area contributed by atoms with Crippen LogP contribution in [0.3, 0.4) is 0 Å². The van der Waals surface area contributed by atoms with E-state index in [1.165, 1.54) is 42.2 Å². The highest BCUT2D eigenvalue weighted by atomic mass is 32.1. The van der Waals surface area contributed by atoms with Crippen LogP contribution in [-0.2, 0) is 17.6 Å². The second kappa shape index (κ2) is 8.60. The lowest BCUT2D eigenvalue weighted by molar-refractivity contribution is 0.0601. The van der Waals surface area contributed by atoms with E-state index >= 15 is 0 Å². The fourth-order valence-corrected chi connectivity index (χ4v) is 4.70. The molecule has 1 heterocycles. The van der Waals surface area contributed by atoms with E-state index in [-0.39, 0.29) is 16.9 Å². The third-order valence-corrected chi connectivity index (χ3v) is 5.82. The summed E-state index contributed by atoms with van der Waals surface area (Å²) in [5.41, 5.74) is 1.92. The molecule has 1 aromatic carbocycles. The van der Waals surface area contributed by atoms with Gasteiger partial charge in [-0.05, 0) is 55.6 Å². The second-order valence-corrected chi connectivity index (χ2v) is 7.69. The van der Waals surface area contributed by atoms with Gasteiger partial charge in [0.1, 0.15) is 10.8 Å². The van der Waals surface area contributed by atoms with Crippen molar-refractivity contribution in [2.75, 3.05) is 17.7 Å². The summed E-state index contributed by atoms with van der Waals surface area (Å²) in [7, 11) is 1.38. The van der Waals surface area contributed by atoms with Crippen LogP contribution in [0.15, 0.2) is 24.3 Å². The number of methoxy groups -OCH3 is 1. The first-order chi connectivity index (χ1) is 12.6. The van der Waals surface area contributed by atoms with Gasteiger partial charge < -0.3 is 15.4 Å². The van der Waals surface area contributed by atoms with Crippen LogP contribution in [-0.4, -0.2) is 18.2 Å². The van der Waals surface area contributed by atoms with Gasteiger partial charge >= 0.3 is 5.97 Å². The number of aryl methyl sites for hydroxylation is 1. The average molecular weight is 393 g/mol. The van der Waals surface area contributed by atoms with Crippen LogP contribution in [0.2, 0.25) is 0 Å². The number of rotatable bonds is 3. The molecule has 0 radical (unpaired) electrons. The number of benzene rings is 1. The topological polar surface area (TPSA) is 50.4 Å². The lowest BCUT2D eigenvalue weighted by Gasteiger charge is -2.12. The predicted octanol–water partition coefficient (Wildman–Crippen LogP) is 5.14. The quantitative estimate of drug-likeness (QED) is 0.559. The number of hydrogen-bond donors (Lipinski definition) is 2. The van der Waals surface area contributed by atoms with Crippen molar-refractivity contribution in [3.8, 4) is 0 Å². The minimum atomic E-state index is -0.386. The molecule has 0 amide bonds. The van der Waals surface area contributed by atoms with Gasteiger partial charge in [-0.3, -0.25) is 0 Å². The Labute approximate surface area is 161 Å². The molecular formula is C19H21FN2O2S2. The van der Waals surface area contributed by atoms with Gasteiger partial charge in [-0.1, -0.05) is 25.0 Å². The minimum Gasteiger partial charge on any atom is -0.465 e. The lowest BCUT2D eigenvalue weighted by Crippen LogP contribution is -2.20. The van der Waals surface area contributed by atoms with Crippen molar-refractivity contribution in [3.05, 3.63) is 46.1 Å². The first kappa shape index (κ1) is 18.8. The van der Waals surface area contributed by atoms with Crippen LogP contribution >= 0.6 is 23.6 Å². The SMILES string of the molecule is COC(=O)c1c(NC(=S)Nc2ccccc2F)sc2c1CCCCCC2. The van der Waals surface area contributed by atoms with Crippen molar-refractivity contribution < 1.29 is 13.9 Å². The summed E-state index contributed by atoms with van der Waals surface area (Å²) >= 11 is 6.86. The Bertz CT molecular complexity index is 820. The van der Waals surface area contributed by atoms with Gasteiger partial charge in [0.15, 0.2) is 5.11 Å². The molecule has 7 heteroatoms. The van der Waals surface area contributed by atoms with Crippen LogP contribution in [0.1, 0.15) is 46.5 Å². The molecule has 0 saturated carbocycles. The molecule has 0 bridgehead atoms. The van der Waals surface area contributed by atoms with Gasteiger partial charge in [-0.2, -0.15) is 0 Å². The monoisotopic (exact) mass is 392 g/mol. The Morgan fingerprint density at radius 1 is 1.15 bits per heavy atom. The smallest absolute Gasteiger partial charge is 0.341 e. The zero-order valence-electron chi connectivity index (χ0n) is 14.6. The summed E-state index contributed by atoms with van der Waals surface area (Å²) in [6.45, 7) is 0. The van der Waals surface area contributed by atoms with Crippen molar-refractivity contribution in [2.24, 2.45) is 0 Å². The van der Waals surface area contributed by atoms with E-state index in [4.69, 9.17) is 17.0 Å². The van der Waals surface area contributed by atoms with Crippen LogP contribution < -0.4 is 10.6 Å². The third kappa shape index (κ3) is 4.22. The Kier molecular flexibility index (Phi) is 6.21. The summed E-state index contributed by atoms with van der Waals surface area (Å²) in [6, 6.07) is 6.32. The number of nitrogens with one attached hydrogen (secondary N) is 2. The van der Waals surface area contributed by atoms with Crippen molar-refractivity contribution in [1.82, 2.24) is 0 Å². The fourth-order valence-electron chi connectivity index (χ4n) is 3.14. The Morgan fingerprint density at radius 2 is 1.88 bits per heavy atom. The number of carbonyl (C=O) groups excluding carboxylic acids is 1. The number of fused-ring (bicyclic) bond motifs is 1. The van der Waals surface area contributed by atoms with Crippen LogP contribution in [0.4, 0.5) is 15.1 Å². The van der Waals surface area contributed by atoms with E-state index < -0.39 is 0 Å². The molecule has 4 nitrogen and oxygen atoms in total. The van der Waals surface area contributed by atoms with E-state index in [1.807, 2.05) is 0 Å². The highest BCUT2D eigenvalue weighted by Crippen LogP contribution is 2.37. The molecule has 1 aromatic heterocycles. The Hall–Kier alpha value is -1.99. The Morgan fingerprint density at radius 3 is 2.62 bits per heavy atom. The molecule has 138 valence electrons.